The average Bonchev–Trinajstić information content (AvgIpc) is 3.21. The van der Waals surface area contributed by atoms with Crippen molar-refractivity contribution < 1.29 is 9.53 Å². The molecule has 1 aromatic heterocycles. The third-order valence-corrected chi connectivity index (χ3v) is 4.99. The van der Waals surface area contributed by atoms with E-state index in [0.29, 0.717) is 12.5 Å². The molecule has 0 N–H and O–H groups in total. The molecule has 1 fully saturated rings. The Morgan fingerprint density at radius 2 is 2.08 bits per heavy atom. The second-order valence-corrected chi connectivity index (χ2v) is 6.48. The van der Waals surface area contributed by atoms with Gasteiger partial charge in [0.15, 0.2) is 0 Å². The first kappa shape index (κ1) is 17.6. The van der Waals surface area contributed by atoms with E-state index in [-0.39, 0.29) is 11.9 Å². The monoisotopic (exact) mass is 338 g/mol. The number of rotatable bonds is 6. The standard InChI is InChI=1S/C21H26N2O2/c1-3-20(16-8-11-22-12-9-16)23(4-2)21(24)18-7-5-6-17(14-18)19-10-13-25-15-19/h5-9,11-12,14,19-20H,3-4,10,13,15H2,1-2H3/t19-,20+/m0/s1. The van der Waals surface area contributed by atoms with Crippen molar-refractivity contribution in [3.05, 3.63) is 65.5 Å². The smallest absolute Gasteiger partial charge is 0.254 e. The van der Waals surface area contributed by atoms with Gasteiger partial charge in [0.2, 0.25) is 0 Å². The molecule has 3 rings (SSSR count). The minimum absolute atomic E-state index is 0.0685. The molecule has 4 nitrogen and oxygen atoms in total. The van der Waals surface area contributed by atoms with E-state index in [1.54, 1.807) is 12.4 Å². The molecule has 1 aliphatic rings. The van der Waals surface area contributed by atoms with Crippen LogP contribution in [-0.4, -0.2) is 35.5 Å². The fraction of sp³-hybridized carbons (Fsp3) is 0.429. The van der Waals surface area contributed by atoms with Crippen LogP contribution >= 0.6 is 0 Å². The number of aromatic nitrogens is 1. The maximum absolute atomic E-state index is 13.2. The molecule has 0 saturated carbocycles. The number of amides is 1. The van der Waals surface area contributed by atoms with Gasteiger partial charge < -0.3 is 9.64 Å². The summed E-state index contributed by atoms with van der Waals surface area (Å²) in [7, 11) is 0. The fourth-order valence-electron chi connectivity index (χ4n) is 3.62. The molecule has 2 atom stereocenters. The van der Waals surface area contributed by atoms with Gasteiger partial charge in [-0.3, -0.25) is 9.78 Å². The van der Waals surface area contributed by atoms with Crippen molar-refractivity contribution >= 4 is 5.91 Å². The molecular weight excluding hydrogens is 312 g/mol. The summed E-state index contributed by atoms with van der Waals surface area (Å²) in [5, 5.41) is 0. The summed E-state index contributed by atoms with van der Waals surface area (Å²) < 4.78 is 5.49. The van der Waals surface area contributed by atoms with Gasteiger partial charge >= 0.3 is 0 Å². The number of ether oxygens (including phenoxy) is 1. The van der Waals surface area contributed by atoms with Gasteiger partial charge in [0.25, 0.3) is 5.91 Å². The highest BCUT2D eigenvalue weighted by Crippen LogP contribution is 2.28. The topological polar surface area (TPSA) is 42.4 Å². The third kappa shape index (κ3) is 3.90. The lowest BCUT2D eigenvalue weighted by molar-refractivity contribution is 0.0682. The molecule has 0 unspecified atom stereocenters. The van der Waals surface area contributed by atoms with Gasteiger partial charge in [-0.05, 0) is 55.2 Å². The van der Waals surface area contributed by atoms with Crippen LogP contribution in [-0.2, 0) is 4.74 Å². The first-order valence-electron chi connectivity index (χ1n) is 9.13. The Bertz CT molecular complexity index is 696. The Balaban J connectivity index is 1.85. The molecule has 4 heteroatoms. The highest BCUT2D eigenvalue weighted by Gasteiger charge is 2.25. The molecule has 0 spiro atoms. The first-order valence-corrected chi connectivity index (χ1v) is 9.13. The zero-order chi connectivity index (χ0) is 17.6. The predicted molar refractivity (Wildman–Crippen MR) is 98.6 cm³/mol. The van der Waals surface area contributed by atoms with Crippen LogP contribution in [0.2, 0.25) is 0 Å². The number of nitrogens with zero attached hydrogens (tertiary/aromatic N) is 2. The number of hydrogen-bond donors (Lipinski definition) is 0. The lowest BCUT2D eigenvalue weighted by atomic mass is 9.96. The molecule has 0 bridgehead atoms. The van der Waals surface area contributed by atoms with Crippen LogP contribution in [0.3, 0.4) is 0 Å². The zero-order valence-corrected chi connectivity index (χ0v) is 15.0. The molecular formula is C21H26N2O2. The van der Waals surface area contributed by atoms with Crippen LogP contribution in [0.15, 0.2) is 48.8 Å². The summed E-state index contributed by atoms with van der Waals surface area (Å²) in [5.74, 6) is 0.497. The van der Waals surface area contributed by atoms with E-state index in [4.69, 9.17) is 4.74 Å². The first-order chi connectivity index (χ1) is 12.2. The Morgan fingerprint density at radius 1 is 1.28 bits per heavy atom. The summed E-state index contributed by atoms with van der Waals surface area (Å²) in [4.78, 5) is 19.2. The van der Waals surface area contributed by atoms with E-state index in [9.17, 15) is 4.79 Å². The largest absolute Gasteiger partial charge is 0.381 e. The number of hydrogen-bond acceptors (Lipinski definition) is 3. The SMILES string of the molecule is CC[C@H](c1ccncc1)N(CC)C(=O)c1cccc([C@H]2CCOC2)c1. The van der Waals surface area contributed by atoms with Crippen molar-refractivity contribution in [2.45, 2.75) is 38.6 Å². The minimum atomic E-state index is 0.0685. The number of carbonyl (C=O) groups is 1. The molecule has 1 aliphatic heterocycles. The Morgan fingerprint density at radius 3 is 2.72 bits per heavy atom. The highest BCUT2D eigenvalue weighted by atomic mass is 16.5. The summed E-state index contributed by atoms with van der Waals surface area (Å²) in [6, 6.07) is 12.1. The van der Waals surface area contributed by atoms with Gasteiger partial charge in [-0.2, -0.15) is 0 Å². The van der Waals surface area contributed by atoms with Gasteiger partial charge in [-0.15, -0.1) is 0 Å². The van der Waals surface area contributed by atoms with Crippen molar-refractivity contribution in [2.75, 3.05) is 19.8 Å². The number of pyridine rings is 1. The second-order valence-electron chi connectivity index (χ2n) is 6.48. The van der Waals surface area contributed by atoms with Crippen LogP contribution in [0, 0.1) is 0 Å². The Labute approximate surface area is 149 Å². The molecule has 132 valence electrons. The van der Waals surface area contributed by atoms with Gasteiger partial charge in [-0.25, -0.2) is 0 Å². The summed E-state index contributed by atoms with van der Waals surface area (Å²) in [5.41, 5.74) is 3.10. The van der Waals surface area contributed by atoms with Gasteiger partial charge in [0, 0.05) is 37.0 Å². The van der Waals surface area contributed by atoms with E-state index in [1.165, 1.54) is 5.56 Å². The molecule has 0 radical (unpaired) electrons. The normalized spacial score (nSPS) is 18.1. The van der Waals surface area contributed by atoms with Crippen LogP contribution in [0.4, 0.5) is 0 Å². The molecule has 1 aromatic carbocycles. The zero-order valence-electron chi connectivity index (χ0n) is 15.0. The van der Waals surface area contributed by atoms with E-state index in [0.717, 1.165) is 37.2 Å². The van der Waals surface area contributed by atoms with Gasteiger partial charge in [0.05, 0.1) is 12.6 Å². The maximum atomic E-state index is 13.2. The van der Waals surface area contributed by atoms with Crippen molar-refractivity contribution in [2.24, 2.45) is 0 Å². The lowest BCUT2D eigenvalue weighted by Gasteiger charge is -2.31. The van der Waals surface area contributed by atoms with Crippen LogP contribution in [0.5, 0.6) is 0 Å². The summed E-state index contributed by atoms with van der Waals surface area (Å²) >= 11 is 0. The predicted octanol–water partition coefficient (Wildman–Crippen LogP) is 4.20. The third-order valence-electron chi connectivity index (χ3n) is 4.99. The molecule has 2 aromatic rings. The fourth-order valence-corrected chi connectivity index (χ4v) is 3.62. The van der Waals surface area contributed by atoms with E-state index >= 15 is 0 Å². The Kier molecular flexibility index (Phi) is 5.82. The van der Waals surface area contributed by atoms with E-state index in [2.05, 4.69) is 18.0 Å². The summed E-state index contributed by atoms with van der Waals surface area (Å²) in [6.07, 6.45) is 5.48. The van der Waals surface area contributed by atoms with Crippen molar-refractivity contribution in [1.82, 2.24) is 9.88 Å². The number of benzene rings is 1. The van der Waals surface area contributed by atoms with Crippen molar-refractivity contribution in [3.63, 3.8) is 0 Å². The maximum Gasteiger partial charge on any atom is 0.254 e. The quantitative estimate of drug-likeness (QED) is 0.793. The molecule has 2 heterocycles. The van der Waals surface area contributed by atoms with Gasteiger partial charge in [-0.1, -0.05) is 19.1 Å². The molecule has 0 aliphatic carbocycles. The van der Waals surface area contributed by atoms with E-state index < -0.39 is 0 Å². The summed E-state index contributed by atoms with van der Waals surface area (Å²) in [6.45, 7) is 6.40. The van der Waals surface area contributed by atoms with Crippen molar-refractivity contribution in [3.8, 4) is 0 Å². The van der Waals surface area contributed by atoms with Crippen LogP contribution in [0.25, 0.3) is 0 Å². The number of carbonyl (C=O) groups excluding carboxylic acids is 1. The van der Waals surface area contributed by atoms with Crippen LogP contribution in [0.1, 0.15) is 60.1 Å². The Hall–Kier alpha value is -2.20. The molecule has 1 saturated heterocycles. The van der Waals surface area contributed by atoms with Gasteiger partial charge in [0.1, 0.15) is 0 Å². The highest BCUT2D eigenvalue weighted by molar-refractivity contribution is 5.94. The average molecular weight is 338 g/mol. The minimum Gasteiger partial charge on any atom is -0.381 e. The van der Waals surface area contributed by atoms with Crippen LogP contribution < -0.4 is 0 Å². The van der Waals surface area contributed by atoms with E-state index in [1.807, 2.05) is 42.2 Å². The molecule has 1 amide bonds. The lowest BCUT2D eigenvalue weighted by Crippen LogP contribution is -2.34. The molecule has 25 heavy (non-hydrogen) atoms. The van der Waals surface area contributed by atoms with Crippen molar-refractivity contribution in [1.29, 1.82) is 0 Å². The second kappa shape index (κ2) is 8.26.